The Morgan fingerprint density at radius 2 is 1.61 bits per heavy atom. The molecule has 6 heteroatoms. The lowest BCUT2D eigenvalue weighted by atomic mass is 9.98. The first-order valence-electron chi connectivity index (χ1n) is 11.2. The summed E-state index contributed by atoms with van der Waals surface area (Å²) in [6.07, 6.45) is -0.0273. The van der Waals surface area contributed by atoms with Gasteiger partial charge in [0.2, 0.25) is 0 Å². The number of hydrogen-bond acceptors (Lipinski definition) is 4. The van der Waals surface area contributed by atoms with Crippen molar-refractivity contribution in [3.05, 3.63) is 102 Å². The van der Waals surface area contributed by atoms with Gasteiger partial charge < -0.3 is 14.4 Å². The van der Waals surface area contributed by atoms with E-state index in [1.54, 1.807) is 24.1 Å². The van der Waals surface area contributed by atoms with Crippen molar-refractivity contribution >= 4 is 11.8 Å². The van der Waals surface area contributed by atoms with Gasteiger partial charge in [0, 0.05) is 26.7 Å². The molecule has 0 radical (unpaired) electrons. The van der Waals surface area contributed by atoms with Gasteiger partial charge in [0.05, 0.1) is 17.8 Å². The fourth-order valence-electron chi connectivity index (χ4n) is 4.32. The van der Waals surface area contributed by atoms with Crippen LogP contribution in [0.3, 0.4) is 0 Å². The third-order valence-corrected chi connectivity index (χ3v) is 6.06. The Kier molecular flexibility index (Phi) is 7.58. The molecule has 0 saturated carbocycles. The SMILES string of the molecule is COC1CN(c2ccccc2F)CCC1N(Cc1ccccc1)C(=O)OCc1ccccc1. The minimum atomic E-state index is -0.380. The molecule has 0 bridgehead atoms. The van der Waals surface area contributed by atoms with Gasteiger partial charge in [0.25, 0.3) is 0 Å². The van der Waals surface area contributed by atoms with E-state index in [0.717, 1.165) is 11.1 Å². The molecule has 1 aliphatic rings. The number of nitrogens with zero attached hydrogens (tertiary/aromatic N) is 2. The Bertz CT molecular complexity index is 1030. The van der Waals surface area contributed by atoms with Crippen LogP contribution in [0.25, 0.3) is 0 Å². The molecule has 0 N–H and O–H groups in total. The first-order valence-corrected chi connectivity index (χ1v) is 11.2. The molecule has 3 aromatic carbocycles. The molecule has 4 rings (SSSR count). The average molecular weight is 449 g/mol. The summed E-state index contributed by atoms with van der Waals surface area (Å²) in [5.74, 6) is -0.255. The summed E-state index contributed by atoms with van der Waals surface area (Å²) < 4.78 is 25.9. The Balaban J connectivity index is 1.52. The Morgan fingerprint density at radius 3 is 2.27 bits per heavy atom. The Hall–Kier alpha value is -3.38. The first-order chi connectivity index (χ1) is 16.2. The van der Waals surface area contributed by atoms with E-state index in [2.05, 4.69) is 0 Å². The summed E-state index contributed by atoms with van der Waals surface area (Å²) in [4.78, 5) is 17.0. The maximum atomic E-state index is 14.4. The van der Waals surface area contributed by atoms with Gasteiger partial charge in [-0.15, -0.1) is 0 Å². The fourth-order valence-corrected chi connectivity index (χ4v) is 4.32. The van der Waals surface area contributed by atoms with Crippen LogP contribution in [-0.2, 0) is 22.6 Å². The number of para-hydroxylation sites is 1. The molecule has 2 unspecified atom stereocenters. The normalized spacial score (nSPS) is 18.1. The quantitative estimate of drug-likeness (QED) is 0.495. The number of anilines is 1. The standard InChI is InChI=1S/C27H29FN2O3/c1-32-26-19-29(24-15-9-8-14-23(24)28)17-16-25(26)30(18-21-10-4-2-5-11-21)27(31)33-20-22-12-6-3-7-13-22/h2-15,25-26H,16-20H2,1H3. The molecule has 0 spiro atoms. The molecule has 1 amide bonds. The molecule has 1 aliphatic heterocycles. The third-order valence-electron chi connectivity index (χ3n) is 6.06. The molecule has 1 fully saturated rings. The van der Waals surface area contributed by atoms with E-state index >= 15 is 0 Å². The van der Waals surface area contributed by atoms with Gasteiger partial charge in [-0.3, -0.25) is 4.90 Å². The number of carbonyl (C=O) groups excluding carboxylic acids is 1. The second-order valence-corrected chi connectivity index (χ2v) is 8.18. The van der Waals surface area contributed by atoms with Crippen molar-refractivity contribution in [1.29, 1.82) is 0 Å². The summed E-state index contributed by atoms with van der Waals surface area (Å²) in [6, 6.07) is 26.0. The van der Waals surface area contributed by atoms with Gasteiger partial charge >= 0.3 is 6.09 Å². The number of amides is 1. The van der Waals surface area contributed by atoms with Gasteiger partial charge in [-0.1, -0.05) is 72.8 Å². The summed E-state index contributed by atoms with van der Waals surface area (Å²) in [7, 11) is 1.64. The van der Waals surface area contributed by atoms with Crippen molar-refractivity contribution in [2.24, 2.45) is 0 Å². The topological polar surface area (TPSA) is 42.0 Å². The average Bonchev–Trinajstić information content (AvgIpc) is 2.87. The van der Waals surface area contributed by atoms with Crippen LogP contribution in [0.5, 0.6) is 0 Å². The van der Waals surface area contributed by atoms with Crippen LogP contribution in [0, 0.1) is 5.82 Å². The van der Waals surface area contributed by atoms with Crippen molar-refractivity contribution < 1.29 is 18.7 Å². The highest BCUT2D eigenvalue weighted by Crippen LogP contribution is 2.28. The predicted octanol–water partition coefficient (Wildman–Crippen LogP) is 5.26. The number of hydrogen-bond donors (Lipinski definition) is 0. The van der Waals surface area contributed by atoms with Crippen LogP contribution >= 0.6 is 0 Å². The molecule has 1 heterocycles. The van der Waals surface area contributed by atoms with E-state index in [-0.39, 0.29) is 30.7 Å². The van der Waals surface area contributed by atoms with Crippen molar-refractivity contribution in [3.8, 4) is 0 Å². The Labute approximate surface area is 194 Å². The van der Waals surface area contributed by atoms with Crippen LogP contribution in [0.2, 0.25) is 0 Å². The zero-order valence-corrected chi connectivity index (χ0v) is 18.8. The second kappa shape index (κ2) is 11.0. The number of benzene rings is 3. The molecule has 172 valence electrons. The third kappa shape index (κ3) is 5.71. The molecule has 0 aliphatic carbocycles. The second-order valence-electron chi connectivity index (χ2n) is 8.18. The summed E-state index contributed by atoms with van der Waals surface area (Å²) in [5.41, 5.74) is 2.50. The minimum Gasteiger partial charge on any atom is -0.445 e. The predicted molar refractivity (Wildman–Crippen MR) is 126 cm³/mol. The molecular formula is C27H29FN2O3. The lowest BCUT2D eigenvalue weighted by molar-refractivity contribution is -0.00339. The van der Waals surface area contributed by atoms with Crippen molar-refractivity contribution in [2.45, 2.75) is 31.7 Å². The highest BCUT2D eigenvalue weighted by atomic mass is 19.1. The maximum Gasteiger partial charge on any atom is 0.410 e. The molecule has 2 atom stereocenters. The smallest absolute Gasteiger partial charge is 0.410 e. The van der Waals surface area contributed by atoms with E-state index in [1.807, 2.05) is 71.6 Å². The highest BCUT2D eigenvalue weighted by Gasteiger charge is 2.37. The number of piperidine rings is 1. The van der Waals surface area contributed by atoms with E-state index in [1.165, 1.54) is 6.07 Å². The lowest BCUT2D eigenvalue weighted by Gasteiger charge is -2.43. The van der Waals surface area contributed by atoms with E-state index in [4.69, 9.17) is 9.47 Å². The zero-order chi connectivity index (χ0) is 23.0. The molecule has 3 aromatic rings. The van der Waals surface area contributed by atoms with Crippen LogP contribution < -0.4 is 4.90 Å². The van der Waals surface area contributed by atoms with Gasteiger partial charge in [-0.2, -0.15) is 0 Å². The van der Waals surface area contributed by atoms with Gasteiger partial charge in [0.1, 0.15) is 12.4 Å². The molecule has 33 heavy (non-hydrogen) atoms. The highest BCUT2D eigenvalue weighted by molar-refractivity contribution is 5.68. The minimum absolute atomic E-state index is 0.193. The maximum absolute atomic E-state index is 14.4. The van der Waals surface area contributed by atoms with Crippen molar-refractivity contribution in [2.75, 3.05) is 25.1 Å². The zero-order valence-electron chi connectivity index (χ0n) is 18.8. The largest absolute Gasteiger partial charge is 0.445 e. The molecule has 5 nitrogen and oxygen atoms in total. The van der Waals surface area contributed by atoms with Gasteiger partial charge in [-0.25, -0.2) is 9.18 Å². The van der Waals surface area contributed by atoms with Crippen LogP contribution in [0.4, 0.5) is 14.9 Å². The molecule has 0 aromatic heterocycles. The van der Waals surface area contributed by atoms with Crippen LogP contribution in [-0.4, -0.2) is 43.3 Å². The number of rotatable bonds is 7. The Morgan fingerprint density at radius 1 is 0.970 bits per heavy atom. The summed E-state index contributed by atoms with van der Waals surface area (Å²) >= 11 is 0. The fraction of sp³-hybridized carbons (Fsp3) is 0.296. The summed E-state index contributed by atoms with van der Waals surface area (Å²) in [5, 5.41) is 0. The first kappa shape index (κ1) is 22.8. The van der Waals surface area contributed by atoms with Gasteiger partial charge in [-0.05, 0) is 29.7 Å². The van der Waals surface area contributed by atoms with Gasteiger partial charge in [0.15, 0.2) is 0 Å². The lowest BCUT2D eigenvalue weighted by Crippen LogP contribution is -2.56. The van der Waals surface area contributed by atoms with E-state index in [9.17, 15) is 9.18 Å². The van der Waals surface area contributed by atoms with Crippen molar-refractivity contribution in [3.63, 3.8) is 0 Å². The molecular weight excluding hydrogens is 419 g/mol. The monoisotopic (exact) mass is 448 g/mol. The number of halogens is 1. The van der Waals surface area contributed by atoms with Crippen LogP contribution in [0.1, 0.15) is 17.5 Å². The van der Waals surface area contributed by atoms with Crippen LogP contribution in [0.15, 0.2) is 84.9 Å². The number of methoxy groups -OCH3 is 1. The summed E-state index contributed by atoms with van der Waals surface area (Å²) in [6.45, 7) is 1.72. The van der Waals surface area contributed by atoms with E-state index in [0.29, 0.717) is 31.7 Å². The number of ether oxygens (including phenoxy) is 2. The number of carbonyl (C=O) groups is 1. The van der Waals surface area contributed by atoms with E-state index < -0.39 is 0 Å². The molecule has 1 saturated heterocycles. The van der Waals surface area contributed by atoms with Crippen molar-refractivity contribution in [1.82, 2.24) is 4.90 Å².